The molecule has 0 radical (unpaired) electrons. The van der Waals surface area contributed by atoms with Gasteiger partial charge in [-0.25, -0.2) is 4.39 Å². The largest absolute Gasteiger partial charge is 0.451 e. The average Bonchev–Trinajstić information content (AvgIpc) is 2.97. The van der Waals surface area contributed by atoms with Gasteiger partial charge in [-0.05, 0) is 43.3 Å². The van der Waals surface area contributed by atoms with Crippen molar-refractivity contribution in [3.8, 4) is 11.3 Å². The van der Waals surface area contributed by atoms with Crippen LogP contribution in [0.3, 0.4) is 0 Å². The van der Waals surface area contributed by atoms with Crippen LogP contribution in [0, 0.1) is 5.82 Å². The van der Waals surface area contributed by atoms with E-state index in [-0.39, 0.29) is 17.8 Å². The zero-order chi connectivity index (χ0) is 14.8. The van der Waals surface area contributed by atoms with Crippen LogP contribution in [-0.4, -0.2) is 36.5 Å². The lowest BCUT2D eigenvalue weighted by Crippen LogP contribution is -2.51. The van der Waals surface area contributed by atoms with Crippen molar-refractivity contribution < 1.29 is 13.6 Å². The molecule has 0 saturated carbocycles. The van der Waals surface area contributed by atoms with E-state index in [1.54, 1.807) is 29.2 Å². The third kappa shape index (κ3) is 2.97. The maximum absolute atomic E-state index is 12.9. The van der Waals surface area contributed by atoms with Crippen molar-refractivity contribution in [1.29, 1.82) is 0 Å². The quantitative estimate of drug-likeness (QED) is 0.923. The predicted molar refractivity (Wildman–Crippen MR) is 77.5 cm³/mol. The molecule has 1 saturated heterocycles. The average molecular weight is 288 g/mol. The van der Waals surface area contributed by atoms with Gasteiger partial charge in [-0.15, -0.1) is 0 Å². The van der Waals surface area contributed by atoms with Crippen LogP contribution in [0.15, 0.2) is 40.8 Å². The Balaban J connectivity index is 1.78. The van der Waals surface area contributed by atoms with Gasteiger partial charge in [0, 0.05) is 31.2 Å². The molecule has 3 rings (SSSR count). The van der Waals surface area contributed by atoms with Gasteiger partial charge in [-0.1, -0.05) is 0 Å². The van der Waals surface area contributed by atoms with Crippen LogP contribution in [0.2, 0.25) is 0 Å². The van der Waals surface area contributed by atoms with Gasteiger partial charge in [0.2, 0.25) is 0 Å². The summed E-state index contributed by atoms with van der Waals surface area (Å²) >= 11 is 0. The lowest BCUT2D eigenvalue weighted by molar-refractivity contribution is 0.0678. The number of halogens is 1. The van der Waals surface area contributed by atoms with E-state index in [1.807, 2.05) is 6.92 Å². The van der Waals surface area contributed by atoms with Crippen LogP contribution in [0.4, 0.5) is 4.39 Å². The Hall–Kier alpha value is -2.14. The third-order valence-electron chi connectivity index (χ3n) is 3.60. The van der Waals surface area contributed by atoms with E-state index in [0.29, 0.717) is 24.6 Å². The number of hydrogen-bond donors (Lipinski definition) is 1. The van der Waals surface area contributed by atoms with E-state index in [1.165, 1.54) is 12.1 Å². The molecule has 1 amide bonds. The second-order valence-electron chi connectivity index (χ2n) is 5.28. The highest BCUT2D eigenvalue weighted by molar-refractivity contribution is 5.92. The smallest absolute Gasteiger partial charge is 0.289 e. The second kappa shape index (κ2) is 5.69. The van der Waals surface area contributed by atoms with Crippen molar-refractivity contribution in [1.82, 2.24) is 10.2 Å². The second-order valence-corrected chi connectivity index (χ2v) is 5.28. The molecule has 1 aromatic carbocycles. The molecule has 1 N–H and O–H groups in total. The first-order chi connectivity index (χ1) is 10.1. The first-order valence-corrected chi connectivity index (χ1v) is 7.02. The number of carbonyl (C=O) groups is 1. The molecule has 5 heteroatoms. The standard InChI is InChI=1S/C16H17FN2O2/c1-11-10-19(9-8-18-11)16(20)15-7-6-14(21-15)12-2-4-13(17)5-3-12/h2-7,11,18H,8-10H2,1H3. The number of rotatable bonds is 2. The Labute approximate surface area is 122 Å². The SMILES string of the molecule is CC1CN(C(=O)c2ccc(-c3ccc(F)cc3)o2)CCN1. The van der Waals surface area contributed by atoms with E-state index in [4.69, 9.17) is 4.42 Å². The summed E-state index contributed by atoms with van der Waals surface area (Å²) in [5.41, 5.74) is 0.754. The van der Waals surface area contributed by atoms with Crippen molar-refractivity contribution in [3.63, 3.8) is 0 Å². The van der Waals surface area contributed by atoms with E-state index in [0.717, 1.165) is 12.1 Å². The third-order valence-corrected chi connectivity index (χ3v) is 3.60. The first kappa shape index (κ1) is 13.8. The molecule has 0 bridgehead atoms. The molecule has 1 fully saturated rings. The minimum Gasteiger partial charge on any atom is -0.451 e. The van der Waals surface area contributed by atoms with Crippen molar-refractivity contribution in [3.05, 3.63) is 48.0 Å². The van der Waals surface area contributed by atoms with Crippen LogP contribution >= 0.6 is 0 Å². The summed E-state index contributed by atoms with van der Waals surface area (Å²) in [4.78, 5) is 14.2. The molecule has 4 nitrogen and oxygen atoms in total. The van der Waals surface area contributed by atoms with Crippen LogP contribution in [-0.2, 0) is 0 Å². The topological polar surface area (TPSA) is 45.5 Å². The van der Waals surface area contributed by atoms with Crippen LogP contribution in [0.1, 0.15) is 17.5 Å². The number of furan rings is 1. The zero-order valence-corrected chi connectivity index (χ0v) is 11.8. The lowest BCUT2D eigenvalue weighted by Gasteiger charge is -2.31. The summed E-state index contributed by atoms with van der Waals surface area (Å²) in [6, 6.07) is 9.72. The minimum atomic E-state index is -0.295. The predicted octanol–water partition coefficient (Wildman–Crippen LogP) is 2.52. The molecular weight excluding hydrogens is 271 g/mol. The molecule has 0 aliphatic carbocycles. The van der Waals surface area contributed by atoms with Gasteiger partial charge in [0.1, 0.15) is 11.6 Å². The number of nitrogens with zero attached hydrogens (tertiary/aromatic N) is 1. The van der Waals surface area contributed by atoms with Gasteiger partial charge in [0.25, 0.3) is 5.91 Å². The molecule has 21 heavy (non-hydrogen) atoms. The first-order valence-electron chi connectivity index (χ1n) is 7.02. The van der Waals surface area contributed by atoms with E-state index < -0.39 is 0 Å². The van der Waals surface area contributed by atoms with Gasteiger partial charge in [0.15, 0.2) is 5.76 Å². The fourth-order valence-electron chi connectivity index (χ4n) is 2.49. The van der Waals surface area contributed by atoms with Crippen molar-refractivity contribution in [2.75, 3.05) is 19.6 Å². The number of benzene rings is 1. The van der Waals surface area contributed by atoms with Crippen molar-refractivity contribution in [2.45, 2.75) is 13.0 Å². The molecule has 0 spiro atoms. The number of hydrogen-bond acceptors (Lipinski definition) is 3. The summed E-state index contributed by atoms with van der Waals surface area (Å²) in [6.07, 6.45) is 0. The van der Waals surface area contributed by atoms with Gasteiger partial charge < -0.3 is 14.6 Å². The van der Waals surface area contributed by atoms with Gasteiger partial charge in [-0.3, -0.25) is 4.79 Å². The van der Waals surface area contributed by atoms with Crippen LogP contribution in [0.25, 0.3) is 11.3 Å². The van der Waals surface area contributed by atoms with Gasteiger partial charge in [-0.2, -0.15) is 0 Å². The maximum Gasteiger partial charge on any atom is 0.289 e. The Morgan fingerprint density at radius 1 is 1.29 bits per heavy atom. The molecule has 1 aliphatic rings. The fourth-order valence-corrected chi connectivity index (χ4v) is 2.49. The molecule has 2 heterocycles. The molecule has 1 aliphatic heterocycles. The Morgan fingerprint density at radius 3 is 2.76 bits per heavy atom. The molecular formula is C16H17FN2O2. The zero-order valence-electron chi connectivity index (χ0n) is 11.8. The molecule has 1 atom stereocenters. The highest BCUT2D eigenvalue weighted by atomic mass is 19.1. The summed E-state index contributed by atoms with van der Waals surface area (Å²) in [5.74, 6) is 0.498. The number of carbonyl (C=O) groups excluding carboxylic acids is 1. The summed E-state index contributed by atoms with van der Waals surface area (Å²) in [7, 11) is 0. The Morgan fingerprint density at radius 2 is 2.05 bits per heavy atom. The van der Waals surface area contributed by atoms with Gasteiger partial charge in [0.05, 0.1) is 0 Å². The van der Waals surface area contributed by atoms with Gasteiger partial charge >= 0.3 is 0 Å². The highest BCUT2D eigenvalue weighted by Gasteiger charge is 2.24. The molecule has 1 aromatic heterocycles. The Bertz CT molecular complexity index is 636. The summed E-state index contributed by atoms with van der Waals surface area (Å²) in [6.45, 7) is 4.19. The Kier molecular flexibility index (Phi) is 3.75. The summed E-state index contributed by atoms with van der Waals surface area (Å²) in [5, 5.41) is 3.29. The molecule has 1 unspecified atom stereocenters. The van der Waals surface area contributed by atoms with E-state index in [9.17, 15) is 9.18 Å². The lowest BCUT2D eigenvalue weighted by atomic mass is 10.2. The van der Waals surface area contributed by atoms with E-state index >= 15 is 0 Å². The number of amides is 1. The van der Waals surface area contributed by atoms with Crippen molar-refractivity contribution in [2.24, 2.45) is 0 Å². The maximum atomic E-state index is 12.9. The number of piperazine rings is 1. The summed E-state index contributed by atoms with van der Waals surface area (Å²) < 4.78 is 18.5. The highest BCUT2D eigenvalue weighted by Crippen LogP contribution is 2.23. The van der Waals surface area contributed by atoms with E-state index in [2.05, 4.69) is 5.32 Å². The number of nitrogens with one attached hydrogen (secondary N) is 1. The monoisotopic (exact) mass is 288 g/mol. The van der Waals surface area contributed by atoms with Crippen molar-refractivity contribution >= 4 is 5.91 Å². The normalized spacial score (nSPS) is 18.8. The molecule has 110 valence electrons. The minimum absolute atomic E-state index is 0.100. The fraction of sp³-hybridized carbons (Fsp3) is 0.312. The molecule has 2 aromatic rings. The van der Waals surface area contributed by atoms with Crippen LogP contribution in [0.5, 0.6) is 0 Å². The van der Waals surface area contributed by atoms with Crippen LogP contribution < -0.4 is 5.32 Å².